The van der Waals surface area contributed by atoms with Crippen molar-refractivity contribution >= 4 is 11.5 Å². The molecule has 108 valence electrons. The predicted molar refractivity (Wildman–Crippen MR) is 83.3 cm³/mol. The maximum absolute atomic E-state index is 7.93. The summed E-state index contributed by atoms with van der Waals surface area (Å²) in [5.74, 6) is 1.48. The van der Waals surface area contributed by atoms with Crippen LogP contribution in [-0.4, -0.2) is 25.7 Å². The van der Waals surface area contributed by atoms with Crippen LogP contribution in [0.25, 0.3) is 0 Å². The highest BCUT2D eigenvalue weighted by molar-refractivity contribution is 6.46. The minimum Gasteiger partial charge on any atom is -0.457 e. The topological polar surface area (TPSA) is 66.7 Å². The highest BCUT2D eigenvalue weighted by Crippen LogP contribution is 2.25. The quantitative estimate of drug-likeness (QED) is 0.503. The van der Waals surface area contributed by atoms with Crippen LogP contribution in [0, 0.1) is 5.41 Å². The first-order chi connectivity index (χ1) is 10.3. The molecule has 2 rings (SSSR count). The summed E-state index contributed by atoms with van der Waals surface area (Å²) < 4.78 is 5.87. The van der Waals surface area contributed by atoms with Crippen LogP contribution in [0.15, 0.2) is 59.8 Å². The van der Waals surface area contributed by atoms with Crippen molar-refractivity contribution in [1.29, 1.82) is 5.41 Å². The number of oxime groups is 1. The molecule has 0 aliphatic heterocycles. The monoisotopic (exact) mass is 283 g/mol. The fourth-order valence-electron chi connectivity index (χ4n) is 1.81. The fraction of sp³-hybridized carbons (Fsp3) is 0.125. The molecule has 0 aliphatic carbocycles. The Balaban J connectivity index is 2.40. The van der Waals surface area contributed by atoms with E-state index in [4.69, 9.17) is 15.0 Å². The van der Waals surface area contributed by atoms with E-state index in [1.165, 1.54) is 7.11 Å². The van der Waals surface area contributed by atoms with E-state index in [0.29, 0.717) is 17.0 Å². The minimum atomic E-state index is 0.154. The molecule has 5 nitrogen and oxygen atoms in total. The zero-order valence-corrected chi connectivity index (χ0v) is 12.0. The van der Waals surface area contributed by atoms with Crippen LogP contribution < -0.4 is 10.1 Å². The average molecular weight is 283 g/mol. The van der Waals surface area contributed by atoms with E-state index in [1.807, 2.05) is 54.6 Å². The number of para-hydroxylation sites is 2. The van der Waals surface area contributed by atoms with Crippen molar-refractivity contribution in [2.75, 3.05) is 14.2 Å². The standard InChI is InChI=1S/C16H17N3O2/c1-18-16(17)15(19-20-2)13-10-6-7-11-14(13)21-12-8-4-3-5-9-12/h3-11H,1-2H3,(H2,17,18)/b19-15-. The lowest BCUT2D eigenvalue weighted by molar-refractivity contribution is 0.214. The van der Waals surface area contributed by atoms with Crippen molar-refractivity contribution in [3.05, 3.63) is 60.2 Å². The first-order valence-electron chi connectivity index (χ1n) is 6.46. The molecule has 0 amide bonds. The summed E-state index contributed by atoms with van der Waals surface area (Å²) in [5, 5.41) is 14.6. The minimum absolute atomic E-state index is 0.154. The summed E-state index contributed by atoms with van der Waals surface area (Å²) in [4.78, 5) is 4.84. The third-order valence-electron chi connectivity index (χ3n) is 2.78. The third-order valence-corrected chi connectivity index (χ3v) is 2.78. The van der Waals surface area contributed by atoms with Crippen LogP contribution in [0.2, 0.25) is 0 Å². The molecule has 0 spiro atoms. The summed E-state index contributed by atoms with van der Waals surface area (Å²) in [6.45, 7) is 0. The van der Waals surface area contributed by atoms with Gasteiger partial charge in [0.05, 0.1) is 5.56 Å². The highest BCUT2D eigenvalue weighted by Gasteiger charge is 2.15. The molecule has 0 unspecified atom stereocenters. The number of hydrogen-bond donors (Lipinski definition) is 2. The molecule has 0 fully saturated rings. The van der Waals surface area contributed by atoms with Crippen molar-refractivity contribution in [3.63, 3.8) is 0 Å². The summed E-state index contributed by atoms with van der Waals surface area (Å²) in [7, 11) is 3.11. The molecular formula is C16H17N3O2. The average Bonchev–Trinajstić information content (AvgIpc) is 2.54. The molecule has 0 bridgehead atoms. The number of benzene rings is 2. The van der Waals surface area contributed by atoms with Crippen molar-refractivity contribution in [1.82, 2.24) is 5.32 Å². The molecule has 0 saturated heterocycles. The number of ether oxygens (including phenoxy) is 1. The van der Waals surface area contributed by atoms with Gasteiger partial charge in [0.1, 0.15) is 24.4 Å². The van der Waals surface area contributed by atoms with Crippen LogP contribution in [-0.2, 0) is 4.84 Å². The lowest BCUT2D eigenvalue weighted by Gasteiger charge is -2.13. The van der Waals surface area contributed by atoms with E-state index < -0.39 is 0 Å². The van der Waals surface area contributed by atoms with Gasteiger partial charge in [-0.25, -0.2) is 0 Å². The second-order valence-corrected chi connectivity index (χ2v) is 4.16. The van der Waals surface area contributed by atoms with E-state index >= 15 is 0 Å². The number of hydrogen-bond acceptors (Lipinski definition) is 4. The van der Waals surface area contributed by atoms with Gasteiger partial charge in [-0.05, 0) is 24.3 Å². The number of nitrogens with zero attached hydrogens (tertiary/aromatic N) is 1. The Morgan fingerprint density at radius 1 is 1.05 bits per heavy atom. The van der Waals surface area contributed by atoms with E-state index in [1.54, 1.807) is 7.05 Å². The van der Waals surface area contributed by atoms with E-state index in [2.05, 4.69) is 10.5 Å². The Hall–Kier alpha value is -2.82. The van der Waals surface area contributed by atoms with Gasteiger partial charge in [0, 0.05) is 7.05 Å². The van der Waals surface area contributed by atoms with Gasteiger partial charge in [-0.1, -0.05) is 35.5 Å². The smallest absolute Gasteiger partial charge is 0.155 e. The zero-order chi connectivity index (χ0) is 15.1. The molecule has 21 heavy (non-hydrogen) atoms. The van der Waals surface area contributed by atoms with E-state index in [-0.39, 0.29) is 5.84 Å². The Labute approximate surface area is 123 Å². The van der Waals surface area contributed by atoms with Gasteiger partial charge in [-0.15, -0.1) is 0 Å². The van der Waals surface area contributed by atoms with Gasteiger partial charge in [-0.3, -0.25) is 5.41 Å². The van der Waals surface area contributed by atoms with Crippen LogP contribution in [0.5, 0.6) is 11.5 Å². The number of nitrogens with one attached hydrogen (secondary N) is 2. The van der Waals surface area contributed by atoms with Crippen LogP contribution in [0.3, 0.4) is 0 Å². The number of rotatable bonds is 5. The number of amidine groups is 1. The van der Waals surface area contributed by atoms with Crippen LogP contribution in [0.1, 0.15) is 5.56 Å². The van der Waals surface area contributed by atoms with Crippen molar-refractivity contribution < 1.29 is 9.57 Å². The second kappa shape index (κ2) is 7.09. The van der Waals surface area contributed by atoms with Crippen molar-refractivity contribution in [2.24, 2.45) is 5.16 Å². The number of likely N-dealkylation sites (N-methyl/N-ethyl adjacent to an activating group) is 1. The summed E-state index contributed by atoms with van der Waals surface area (Å²) in [5.41, 5.74) is 1.06. The Morgan fingerprint density at radius 3 is 2.38 bits per heavy atom. The first kappa shape index (κ1) is 14.6. The van der Waals surface area contributed by atoms with Crippen molar-refractivity contribution in [2.45, 2.75) is 0 Å². The van der Waals surface area contributed by atoms with Crippen molar-refractivity contribution in [3.8, 4) is 11.5 Å². The molecule has 0 atom stereocenters. The molecule has 0 saturated carbocycles. The summed E-state index contributed by atoms with van der Waals surface area (Å²) in [6.07, 6.45) is 0. The molecule has 2 N–H and O–H groups in total. The lowest BCUT2D eigenvalue weighted by atomic mass is 10.1. The maximum atomic E-state index is 7.93. The molecule has 2 aromatic rings. The maximum Gasteiger partial charge on any atom is 0.155 e. The van der Waals surface area contributed by atoms with Crippen LogP contribution in [0.4, 0.5) is 0 Å². The largest absolute Gasteiger partial charge is 0.457 e. The fourth-order valence-corrected chi connectivity index (χ4v) is 1.81. The predicted octanol–water partition coefficient (Wildman–Crippen LogP) is 3.03. The van der Waals surface area contributed by atoms with Gasteiger partial charge in [0.2, 0.25) is 0 Å². The van der Waals surface area contributed by atoms with Gasteiger partial charge in [-0.2, -0.15) is 0 Å². The molecule has 0 aliphatic rings. The molecular weight excluding hydrogens is 266 g/mol. The molecule has 5 heteroatoms. The lowest BCUT2D eigenvalue weighted by Crippen LogP contribution is -2.28. The molecule has 0 aromatic heterocycles. The molecule has 0 radical (unpaired) electrons. The highest BCUT2D eigenvalue weighted by atomic mass is 16.6. The third kappa shape index (κ3) is 3.60. The SMILES string of the molecule is CNC(=N)/C(=N\OC)c1ccccc1Oc1ccccc1. The molecule has 0 heterocycles. The Bertz CT molecular complexity index is 639. The Morgan fingerprint density at radius 2 is 1.71 bits per heavy atom. The van der Waals surface area contributed by atoms with Gasteiger partial charge < -0.3 is 14.9 Å². The normalized spacial score (nSPS) is 10.9. The van der Waals surface area contributed by atoms with E-state index in [0.717, 1.165) is 5.75 Å². The molecule has 2 aromatic carbocycles. The summed E-state index contributed by atoms with van der Waals surface area (Å²) in [6, 6.07) is 16.9. The van der Waals surface area contributed by atoms with E-state index in [9.17, 15) is 0 Å². The van der Waals surface area contributed by atoms with Gasteiger partial charge in [0.15, 0.2) is 5.71 Å². The summed E-state index contributed by atoms with van der Waals surface area (Å²) >= 11 is 0. The van der Waals surface area contributed by atoms with Gasteiger partial charge in [0.25, 0.3) is 0 Å². The Kier molecular flexibility index (Phi) is 4.93. The zero-order valence-electron chi connectivity index (χ0n) is 12.0. The first-order valence-corrected chi connectivity index (χ1v) is 6.46. The van der Waals surface area contributed by atoms with Crippen LogP contribution >= 0.6 is 0 Å². The second-order valence-electron chi connectivity index (χ2n) is 4.16. The van der Waals surface area contributed by atoms with Gasteiger partial charge >= 0.3 is 0 Å².